The van der Waals surface area contributed by atoms with Gasteiger partial charge in [0, 0.05) is 11.5 Å². The molecule has 4 nitrogen and oxygen atoms in total. The maximum Gasteiger partial charge on any atom is 0.339 e. The van der Waals surface area contributed by atoms with E-state index in [4.69, 9.17) is 10.8 Å². The van der Waals surface area contributed by atoms with E-state index in [1.807, 2.05) is 5.92 Å². The number of hydrogen-bond acceptors (Lipinski definition) is 2. The second-order valence-corrected chi connectivity index (χ2v) is 2.58. The summed E-state index contributed by atoms with van der Waals surface area (Å²) in [5, 5.41) is 8.69. The highest BCUT2D eigenvalue weighted by Gasteiger charge is 2.13. The summed E-state index contributed by atoms with van der Waals surface area (Å²) in [5.74, 6) is 0.879. The molecule has 0 bridgehead atoms. The molecule has 0 aromatic heterocycles. The third kappa shape index (κ3) is 2.54. The van der Waals surface area contributed by atoms with Crippen molar-refractivity contribution in [1.29, 1.82) is 0 Å². The Morgan fingerprint density at radius 3 is 2.60 bits per heavy atom. The standard InChI is InChI=1S/C10H6FNO3/c11-7-3-1-2-6(4-5-8(12)13)9(7)10(14)15/h1-3H,(H2,12,13)(H,14,15). The van der Waals surface area contributed by atoms with Gasteiger partial charge in [0.25, 0.3) is 5.91 Å². The first-order valence-electron chi connectivity index (χ1n) is 3.85. The Balaban J connectivity index is 3.31. The van der Waals surface area contributed by atoms with Gasteiger partial charge in [0.2, 0.25) is 0 Å². The Morgan fingerprint density at radius 1 is 1.40 bits per heavy atom. The average molecular weight is 207 g/mol. The molecule has 0 radical (unpaired) electrons. The molecule has 1 aromatic rings. The SMILES string of the molecule is NC(=O)C#Cc1cccc(F)c1C(=O)O. The van der Waals surface area contributed by atoms with E-state index >= 15 is 0 Å². The maximum atomic E-state index is 13.1. The van der Waals surface area contributed by atoms with Crippen LogP contribution < -0.4 is 5.73 Å². The van der Waals surface area contributed by atoms with E-state index in [1.165, 1.54) is 12.1 Å². The van der Waals surface area contributed by atoms with Crippen LogP contribution in [0.25, 0.3) is 0 Å². The monoisotopic (exact) mass is 207 g/mol. The van der Waals surface area contributed by atoms with Crippen LogP contribution in [0.4, 0.5) is 4.39 Å². The number of hydrogen-bond donors (Lipinski definition) is 2. The molecule has 5 heteroatoms. The van der Waals surface area contributed by atoms with Gasteiger partial charge >= 0.3 is 5.97 Å². The number of carboxylic acid groups (broad SMARTS) is 1. The predicted octanol–water partition coefficient (Wildman–Crippen LogP) is 0.361. The fraction of sp³-hybridized carbons (Fsp3) is 0. The van der Waals surface area contributed by atoms with Crippen molar-refractivity contribution in [2.75, 3.05) is 0 Å². The number of carbonyl (C=O) groups is 2. The van der Waals surface area contributed by atoms with Crippen LogP contribution in [0.15, 0.2) is 18.2 Å². The molecule has 0 aliphatic carbocycles. The van der Waals surface area contributed by atoms with Crippen LogP contribution in [0.5, 0.6) is 0 Å². The normalized spacial score (nSPS) is 8.87. The van der Waals surface area contributed by atoms with Crippen molar-refractivity contribution in [3.63, 3.8) is 0 Å². The number of amides is 1. The molecule has 1 amide bonds. The van der Waals surface area contributed by atoms with Gasteiger partial charge in [-0.1, -0.05) is 12.0 Å². The quantitative estimate of drug-likeness (QED) is 0.652. The van der Waals surface area contributed by atoms with E-state index in [2.05, 4.69) is 5.92 Å². The number of carbonyl (C=O) groups excluding carboxylic acids is 1. The molecule has 1 rings (SSSR count). The molecule has 0 aliphatic heterocycles. The highest BCUT2D eigenvalue weighted by Crippen LogP contribution is 2.12. The number of primary amides is 1. The average Bonchev–Trinajstić information content (AvgIpc) is 2.13. The summed E-state index contributed by atoms with van der Waals surface area (Å²) in [4.78, 5) is 21.0. The fourth-order valence-corrected chi connectivity index (χ4v) is 0.975. The van der Waals surface area contributed by atoms with Gasteiger partial charge < -0.3 is 10.8 Å². The van der Waals surface area contributed by atoms with Gasteiger partial charge in [0.1, 0.15) is 11.4 Å². The fourth-order valence-electron chi connectivity index (χ4n) is 0.975. The van der Waals surface area contributed by atoms with Crippen LogP contribution in [0, 0.1) is 17.7 Å². The number of halogens is 1. The van der Waals surface area contributed by atoms with Crippen LogP contribution in [0.2, 0.25) is 0 Å². The summed E-state index contributed by atoms with van der Waals surface area (Å²) < 4.78 is 13.1. The van der Waals surface area contributed by atoms with Crippen LogP contribution in [0.3, 0.4) is 0 Å². The molecule has 0 saturated heterocycles. The summed E-state index contributed by atoms with van der Waals surface area (Å²) in [6.07, 6.45) is 0. The summed E-state index contributed by atoms with van der Waals surface area (Å²) in [6.45, 7) is 0. The first-order valence-corrected chi connectivity index (χ1v) is 3.85. The van der Waals surface area contributed by atoms with Gasteiger partial charge in [-0.15, -0.1) is 0 Å². The van der Waals surface area contributed by atoms with Crippen molar-refractivity contribution < 1.29 is 19.1 Å². The van der Waals surface area contributed by atoms with Gasteiger partial charge in [-0.3, -0.25) is 4.79 Å². The van der Waals surface area contributed by atoms with Crippen molar-refractivity contribution in [1.82, 2.24) is 0 Å². The zero-order valence-electron chi connectivity index (χ0n) is 7.45. The Kier molecular flexibility index (Phi) is 3.03. The third-order valence-electron chi connectivity index (χ3n) is 1.55. The lowest BCUT2D eigenvalue weighted by Gasteiger charge is -1.99. The van der Waals surface area contributed by atoms with Gasteiger partial charge in [0.15, 0.2) is 0 Å². The van der Waals surface area contributed by atoms with E-state index in [0.717, 1.165) is 6.07 Å². The second-order valence-electron chi connectivity index (χ2n) is 2.58. The van der Waals surface area contributed by atoms with Crippen molar-refractivity contribution in [3.8, 4) is 11.8 Å². The molecule has 0 fully saturated rings. The second kappa shape index (κ2) is 4.24. The minimum absolute atomic E-state index is 0.0821. The highest BCUT2D eigenvalue weighted by molar-refractivity contribution is 5.95. The Labute approximate surface area is 84.5 Å². The van der Waals surface area contributed by atoms with Crippen LogP contribution in [-0.2, 0) is 4.79 Å². The minimum atomic E-state index is -1.44. The van der Waals surface area contributed by atoms with E-state index in [0.29, 0.717) is 0 Å². The van der Waals surface area contributed by atoms with Crippen LogP contribution in [0.1, 0.15) is 15.9 Å². The smallest absolute Gasteiger partial charge is 0.339 e. The molecule has 0 heterocycles. The first-order chi connectivity index (χ1) is 7.02. The zero-order valence-corrected chi connectivity index (χ0v) is 7.45. The number of carboxylic acids is 1. The first kappa shape index (κ1) is 10.7. The Bertz CT molecular complexity index is 485. The van der Waals surface area contributed by atoms with Gasteiger partial charge in [-0.05, 0) is 12.1 Å². The van der Waals surface area contributed by atoms with E-state index < -0.39 is 23.3 Å². The lowest BCUT2D eigenvalue weighted by atomic mass is 10.1. The minimum Gasteiger partial charge on any atom is -0.478 e. The van der Waals surface area contributed by atoms with Gasteiger partial charge in [-0.2, -0.15) is 0 Å². The molecular weight excluding hydrogens is 201 g/mol. The predicted molar refractivity (Wildman–Crippen MR) is 49.4 cm³/mol. The summed E-state index contributed by atoms with van der Waals surface area (Å²) >= 11 is 0. The maximum absolute atomic E-state index is 13.1. The number of benzene rings is 1. The molecule has 3 N–H and O–H groups in total. The summed E-state index contributed by atoms with van der Waals surface area (Å²) in [5.41, 5.74) is 4.11. The molecular formula is C10H6FNO3. The van der Waals surface area contributed by atoms with Crippen molar-refractivity contribution in [3.05, 3.63) is 35.1 Å². The Morgan fingerprint density at radius 2 is 2.07 bits per heavy atom. The van der Waals surface area contributed by atoms with Gasteiger partial charge in [-0.25, -0.2) is 9.18 Å². The lowest BCUT2D eigenvalue weighted by Crippen LogP contribution is -2.07. The van der Waals surface area contributed by atoms with Crippen molar-refractivity contribution in [2.45, 2.75) is 0 Å². The number of aromatic carboxylic acids is 1. The van der Waals surface area contributed by atoms with E-state index in [1.54, 1.807) is 0 Å². The lowest BCUT2D eigenvalue weighted by molar-refractivity contribution is -0.112. The van der Waals surface area contributed by atoms with Gasteiger partial charge in [0.05, 0.1) is 0 Å². The topological polar surface area (TPSA) is 80.4 Å². The highest BCUT2D eigenvalue weighted by atomic mass is 19.1. The molecule has 76 valence electrons. The molecule has 0 unspecified atom stereocenters. The summed E-state index contributed by atoms with van der Waals surface area (Å²) in [7, 11) is 0. The molecule has 0 saturated carbocycles. The van der Waals surface area contributed by atoms with E-state index in [-0.39, 0.29) is 5.56 Å². The molecule has 0 aliphatic rings. The third-order valence-corrected chi connectivity index (χ3v) is 1.55. The molecule has 1 aromatic carbocycles. The number of rotatable bonds is 1. The van der Waals surface area contributed by atoms with Crippen molar-refractivity contribution in [2.24, 2.45) is 5.73 Å². The van der Waals surface area contributed by atoms with Crippen molar-refractivity contribution >= 4 is 11.9 Å². The van der Waals surface area contributed by atoms with Crippen LogP contribution in [-0.4, -0.2) is 17.0 Å². The summed E-state index contributed by atoms with van der Waals surface area (Å²) in [6, 6.07) is 3.59. The number of nitrogens with two attached hydrogens (primary N) is 1. The molecule has 0 atom stereocenters. The van der Waals surface area contributed by atoms with Crippen LogP contribution >= 0.6 is 0 Å². The Hall–Kier alpha value is -2.35. The molecule has 15 heavy (non-hydrogen) atoms. The van der Waals surface area contributed by atoms with E-state index in [9.17, 15) is 14.0 Å². The largest absolute Gasteiger partial charge is 0.478 e. The zero-order chi connectivity index (χ0) is 11.4. The molecule has 0 spiro atoms.